The Hall–Kier alpha value is -2.10. The number of aryl methyl sites for hydroxylation is 1. The summed E-state index contributed by atoms with van der Waals surface area (Å²) in [6.07, 6.45) is 2.40. The maximum absolute atomic E-state index is 12.3. The second-order valence-electron chi connectivity index (χ2n) is 4.18. The van der Waals surface area contributed by atoms with Gasteiger partial charge >= 0.3 is 0 Å². The van der Waals surface area contributed by atoms with E-state index in [0.717, 1.165) is 17.7 Å². The minimum atomic E-state index is -0.0822. The molecule has 0 N–H and O–H groups in total. The van der Waals surface area contributed by atoms with Crippen molar-refractivity contribution in [3.8, 4) is 0 Å². The number of anilines is 1. The lowest BCUT2D eigenvalue weighted by atomic mass is 10.2. The lowest BCUT2D eigenvalue weighted by molar-refractivity contribution is 0.0980. The molecule has 1 amide bonds. The van der Waals surface area contributed by atoms with E-state index in [4.69, 9.17) is 4.52 Å². The van der Waals surface area contributed by atoms with Gasteiger partial charge in [0, 0.05) is 17.8 Å². The molecule has 4 nitrogen and oxygen atoms in total. The third-order valence-electron chi connectivity index (χ3n) is 3.08. The molecule has 0 saturated heterocycles. The summed E-state index contributed by atoms with van der Waals surface area (Å²) in [5.74, 6) is -0.0822. The van der Waals surface area contributed by atoms with Gasteiger partial charge in [0.1, 0.15) is 6.26 Å². The molecule has 2 aromatic rings. The SMILES string of the molecule is Cc1conc1C(=O)N1CCc2ccccc21. The van der Waals surface area contributed by atoms with Crippen LogP contribution in [-0.4, -0.2) is 17.6 Å². The second kappa shape index (κ2) is 3.73. The lowest BCUT2D eigenvalue weighted by Gasteiger charge is -2.15. The number of amides is 1. The molecule has 0 unspecified atom stereocenters. The van der Waals surface area contributed by atoms with E-state index in [-0.39, 0.29) is 5.91 Å². The number of nitrogens with zero attached hydrogens (tertiary/aromatic N) is 2. The molecule has 0 fully saturated rings. The Balaban J connectivity index is 1.98. The maximum atomic E-state index is 12.3. The van der Waals surface area contributed by atoms with Crippen LogP contribution in [0.3, 0.4) is 0 Å². The van der Waals surface area contributed by atoms with Gasteiger partial charge < -0.3 is 9.42 Å². The average molecular weight is 228 g/mol. The van der Waals surface area contributed by atoms with E-state index in [1.807, 2.05) is 25.1 Å². The Morgan fingerprint density at radius 3 is 3.00 bits per heavy atom. The molecule has 2 heterocycles. The van der Waals surface area contributed by atoms with Gasteiger partial charge in [0.2, 0.25) is 0 Å². The molecule has 3 rings (SSSR count). The normalized spacial score (nSPS) is 13.8. The van der Waals surface area contributed by atoms with Crippen molar-refractivity contribution < 1.29 is 9.32 Å². The highest BCUT2D eigenvalue weighted by Crippen LogP contribution is 2.28. The lowest BCUT2D eigenvalue weighted by Crippen LogP contribution is -2.29. The zero-order valence-corrected chi connectivity index (χ0v) is 9.51. The molecule has 1 aliphatic rings. The van der Waals surface area contributed by atoms with Gasteiger partial charge in [0.25, 0.3) is 5.91 Å². The van der Waals surface area contributed by atoms with Crippen molar-refractivity contribution in [2.45, 2.75) is 13.3 Å². The highest BCUT2D eigenvalue weighted by atomic mass is 16.5. The first-order chi connectivity index (χ1) is 8.27. The quantitative estimate of drug-likeness (QED) is 0.751. The van der Waals surface area contributed by atoms with Crippen molar-refractivity contribution in [3.05, 3.63) is 47.3 Å². The van der Waals surface area contributed by atoms with Gasteiger partial charge in [0.15, 0.2) is 5.69 Å². The summed E-state index contributed by atoms with van der Waals surface area (Å²) in [7, 11) is 0. The first-order valence-electron chi connectivity index (χ1n) is 5.58. The number of carbonyl (C=O) groups excluding carboxylic acids is 1. The summed E-state index contributed by atoms with van der Waals surface area (Å²) in [4.78, 5) is 14.1. The summed E-state index contributed by atoms with van der Waals surface area (Å²) in [5, 5.41) is 3.77. The fraction of sp³-hybridized carbons (Fsp3) is 0.231. The smallest absolute Gasteiger partial charge is 0.280 e. The molecule has 4 heteroatoms. The number of rotatable bonds is 1. The van der Waals surface area contributed by atoms with Crippen molar-refractivity contribution in [2.75, 3.05) is 11.4 Å². The zero-order valence-electron chi connectivity index (χ0n) is 9.51. The van der Waals surface area contributed by atoms with Crippen molar-refractivity contribution in [1.29, 1.82) is 0 Å². The van der Waals surface area contributed by atoms with Crippen molar-refractivity contribution >= 4 is 11.6 Å². The molecule has 0 aliphatic carbocycles. The number of hydrogen-bond donors (Lipinski definition) is 0. The van der Waals surface area contributed by atoms with Gasteiger partial charge in [-0.2, -0.15) is 0 Å². The van der Waals surface area contributed by atoms with E-state index in [1.54, 1.807) is 4.90 Å². The molecule has 0 bridgehead atoms. The van der Waals surface area contributed by atoms with Gasteiger partial charge in [-0.05, 0) is 25.0 Å². The van der Waals surface area contributed by atoms with E-state index in [9.17, 15) is 4.79 Å². The first kappa shape index (κ1) is 10.1. The van der Waals surface area contributed by atoms with E-state index < -0.39 is 0 Å². The molecule has 86 valence electrons. The topological polar surface area (TPSA) is 46.3 Å². The molecule has 1 aromatic carbocycles. The van der Waals surface area contributed by atoms with Gasteiger partial charge in [-0.15, -0.1) is 0 Å². The zero-order chi connectivity index (χ0) is 11.8. The van der Waals surface area contributed by atoms with Crippen LogP contribution < -0.4 is 4.90 Å². The van der Waals surface area contributed by atoms with Crippen LogP contribution in [0.4, 0.5) is 5.69 Å². The Morgan fingerprint density at radius 1 is 1.41 bits per heavy atom. The van der Waals surface area contributed by atoms with Gasteiger partial charge in [0.05, 0.1) is 0 Å². The molecule has 0 saturated carbocycles. The van der Waals surface area contributed by atoms with Crippen LogP contribution in [0.1, 0.15) is 21.6 Å². The Kier molecular flexibility index (Phi) is 2.21. The average Bonchev–Trinajstić information content (AvgIpc) is 2.94. The van der Waals surface area contributed by atoms with Crippen LogP contribution in [-0.2, 0) is 6.42 Å². The van der Waals surface area contributed by atoms with E-state index in [1.165, 1.54) is 11.8 Å². The molecule has 0 atom stereocenters. The molecule has 1 aliphatic heterocycles. The minimum Gasteiger partial charge on any atom is -0.364 e. The van der Waals surface area contributed by atoms with Crippen molar-refractivity contribution in [2.24, 2.45) is 0 Å². The summed E-state index contributed by atoms with van der Waals surface area (Å²) in [5.41, 5.74) is 3.38. The molecule has 1 aromatic heterocycles. The van der Waals surface area contributed by atoms with E-state index >= 15 is 0 Å². The van der Waals surface area contributed by atoms with Crippen LogP contribution in [0.15, 0.2) is 35.1 Å². The van der Waals surface area contributed by atoms with Crippen LogP contribution in [0.25, 0.3) is 0 Å². The molecule has 0 spiro atoms. The monoisotopic (exact) mass is 228 g/mol. The third kappa shape index (κ3) is 1.53. The Bertz CT molecular complexity index is 574. The predicted octanol–water partition coefficient (Wildman–Crippen LogP) is 2.19. The Labute approximate surface area is 98.8 Å². The molecule has 17 heavy (non-hydrogen) atoms. The number of carbonyl (C=O) groups is 1. The fourth-order valence-corrected chi connectivity index (χ4v) is 2.17. The molecule has 0 radical (unpaired) electrons. The number of benzene rings is 1. The van der Waals surface area contributed by atoms with Crippen molar-refractivity contribution in [3.63, 3.8) is 0 Å². The molecular weight excluding hydrogens is 216 g/mol. The summed E-state index contributed by atoms with van der Waals surface area (Å²) >= 11 is 0. The Morgan fingerprint density at radius 2 is 2.24 bits per heavy atom. The minimum absolute atomic E-state index is 0.0822. The standard InChI is InChI=1S/C13H12N2O2/c1-9-8-17-14-12(9)13(16)15-7-6-10-4-2-3-5-11(10)15/h2-5,8H,6-7H2,1H3. The van der Waals surface area contributed by atoms with Crippen molar-refractivity contribution in [1.82, 2.24) is 5.16 Å². The number of aromatic nitrogens is 1. The number of fused-ring (bicyclic) bond motifs is 1. The summed E-state index contributed by atoms with van der Waals surface area (Å²) < 4.78 is 4.82. The summed E-state index contributed by atoms with van der Waals surface area (Å²) in [6, 6.07) is 7.96. The van der Waals surface area contributed by atoms with Gasteiger partial charge in [-0.1, -0.05) is 23.4 Å². The largest absolute Gasteiger partial charge is 0.364 e. The predicted molar refractivity (Wildman–Crippen MR) is 63.1 cm³/mol. The second-order valence-corrected chi connectivity index (χ2v) is 4.18. The highest BCUT2D eigenvalue weighted by molar-refractivity contribution is 6.06. The summed E-state index contributed by atoms with van der Waals surface area (Å²) in [6.45, 7) is 2.54. The van der Waals surface area contributed by atoms with Crippen LogP contribution in [0, 0.1) is 6.92 Å². The first-order valence-corrected chi connectivity index (χ1v) is 5.58. The van der Waals surface area contributed by atoms with E-state index in [2.05, 4.69) is 11.2 Å². The molecular formula is C13H12N2O2. The van der Waals surface area contributed by atoms with Crippen LogP contribution >= 0.6 is 0 Å². The van der Waals surface area contributed by atoms with Gasteiger partial charge in [-0.3, -0.25) is 4.79 Å². The van der Waals surface area contributed by atoms with Gasteiger partial charge in [-0.25, -0.2) is 0 Å². The third-order valence-corrected chi connectivity index (χ3v) is 3.08. The maximum Gasteiger partial charge on any atom is 0.280 e. The highest BCUT2D eigenvalue weighted by Gasteiger charge is 2.27. The fourth-order valence-electron chi connectivity index (χ4n) is 2.17. The van der Waals surface area contributed by atoms with E-state index in [0.29, 0.717) is 12.2 Å². The van der Waals surface area contributed by atoms with Crippen LogP contribution in [0.5, 0.6) is 0 Å². The van der Waals surface area contributed by atoms with Crippen LogP contribution in [0.2, 0.25) is 0 Å². The number of para-hydroxylation sites is 1. The number of hydrogen-bond acceptors (Lipinski definition) is 3.